The second kappa shape index (κ2) is 5.61. The first kappa shape index (κ1) is 15.1. The molecule has 112 valence electrons. The van der Waals surface area contributed by atoms with Gasteiger partial charge in [0.05, 0.1) is 12.2 Å². The lowest BCUT2D eigenvalue weighted by Gasteiger charge is -2.21. The van der Waals surface area contributed by atoms with Gasteiger partial charge in [0.25, 0.3) is 5.56 Å². The van der Waals surface area contributed by atoms with Crippen LogP contribution in [0.3, 0.4) is 0 Å². The molecular formula is C13H18FNO5. The molecule has 1 aliphatic heterocycles. The molecule has 0 saturated carbocycles. The molecule has 0 spiro atoms. The number of aromatic amines is 1. The molecule has 2 heterocycles. The summed E-state index contributed by atoms with van der Waals surface area (Å²) in [5.74, 6) is -0.677. The fourth-order valence-electron chi connectivity index (χ4n) is 2.52. The fraction of sp³-hybridized carbons (Fsp3) is 0.615. The van der Waals surface area contributed by atoms with Crippen molar-refractivity contribution in [3.63, 3.8) is 0 Å². The molecule has 3 N–H and O–H groups in total. The number of methoxy groups -OCH3 is 1. The van der Waals surface area contributed by atoms with Crippen LogP contribution in [0.15, 0.2) is 4.79 Å². The minimum Gasteiger partial charge on any atom is -0.394 e. The average molecular weight is 287 g/mol. The lowest BCUT2D eigenvalue weighted by atomic mass is 9.98. The Kier molecular flexibility index (Phi) is 4.24. The molecular weight excluding hydrogens is 269 g/mol. The Labute approximate surface area is 115 Å². The summed E-state index contributed by atoms with van der Waals surface area (Å²) in [6, 6.07) is 0. The maximum atomic E-state index is 14.3. The van der Waals surface area contributed by atoms with Crippen LogP contribution in [-0.2, 0) is 9.47 Å². The molecule has 1 unspecified atom stereocenters. The number of halogens is 1. The molecule has 6 nitrogen and oxygen atoms in total. The third-order valence-electron chi connectivity index (χ3n) is 3.69. The summed E-state index contributed by atoms with van der Waals surface area (Å²) in [5.41, 5.74) is -0.0964. The van der Waals surface area contributed by atoms with Gasteiger partial charge in [0, 0.05) is 18.4 Å². The van der Waals surface area contributed by atoms with E-state index in [-0.39, 0.29) is 11.1 Å². The van der Waals surface area contributed by atoms with Crippen molar-refractivity contribution in [2.75, 3.05) is 13.7 Å². The predicted octanol–water partition coefficient (Wildman–Crippen LogP) is -0.0611. The minimum absolute atomic E-state index is 0.0500. The maximum Gasteiger partial charge on any atom is 0.254 e. The van der Waals surface area contributed by atoms with Gasteiger partial charge < -0.3 is 24.7 Å². The van der Waals surface area contributed by atoms with Gasteiger partial charge in [-0.3, -0.25) is 4.79 Å². The number of nitrogens with one attached hydrogen (secondary N) is 1. The minimum atomic E-state index is -1.07. The summed E-state index contributed by atoms with van der Waals surface area (Å²) >= 11 is 0. The molecule has 4 atom stereocenters. The van der Waals surface area contributed by atoms with Crippen molar-refractivity contribution in [3.05, 3.63) is 33.0 Å². The zero-order valence-electron chi connectivity index (χ0n) is 11.5. The molecule has 1 aliphatic rings. The highest BCUT2D eigenvalue weighted by molar-refractivity contribution is 5.30. The van der Waals surface area contributed by atoms with E-state index in [9.17, 15) is 14.3 Å². The van der Waals surface area contributed by atoms with Gasteiger partial charge >= 0.3 is 0 Å². The number of aliphatic hydroxyl groups is 2. The number of pyridine rings is 1. The first-order valence-electron chi connectivity index (χ1n) is 6.28. The number of rotatable bonds is 3. The third-order valence-corrected chi connectivity index (χ3v) is 3.69. The van der Waals surface area contributed by atoms with E-state index in [1.54, 1.807) is 6.92 Å². The van der Waals surface area contributed by atoms with E-state index in [1.165, 1.54) is 14.0 Å². The van der Waals surface area contributed by atoms with Crippen LogP contribution in [0.2, 0.25) is 0 Å². The van der Waals surface area contributed by atoms with Crippen molar-refractivity contribution in [1.29, 1.82) is 0 Å². The van der Waals surface area contributed by atoms with Gasteiger partial charge in [-0.25, -0.2) is 4.39 Å². The Bertz CT molecular complexity index is 558. The van der Waals surface area contributed by atoms with Crippen molar-refractivity contribution in [2.45, 2.75) is 38.3 Å². The lowest BCUT2D eigenvalue weighted by molar-refractivity contribution is -0.0250. The molecule has 1 saturated heterocycles. The van der Waals surface area contributed by atoms with E-state index in [4.69, 9.17) is 14.6 Å². The monoisotopic (exact) mass is 287 g/mol. The number of hydrogen-bond acceptors (Lipinski definition) is 5. The second-order valence-electron chi connectivity index (χ2n) is 4.90. The Balaban J connectivity index is 2.51. The average Bonchev–Trinajstić information content (AvgIpc) is 2.72. The van der Waals surface area contributed by atoms with Crippen LogP contribution in [-0.4, -0.2) is 47.2 Å². The van der Waals surface area contributed by atoms with E-state index < -0.39 is 42.4 Å². The highest BCUT2D eigenvalue weighted by Gasteiger charge is 2.46. The lowest BCUT2D eigenvalue weighted by Crippen LogP contribution is -2.34. The maximum absolute atomic E-state index is 14.3. The van der Waals surface area contributed by atoms with Crippen LogP contribution >= 0.6 is 0 Å². The van der Waals surface area contributed by atoms with Crippen molar-refractivity contribution in [2.24, 2.45) is 0 Å². The number of aryl methyl sites for hydroxylation is 1. The predicted molar refractivity (Wildman–Crippen MR) is 68.0 cm³/mol. The molecule has 2 rings (SSSR count). The van der Waals surface area contributed by atoms with Crippen LogP contribution in [0.1, 0.15) is 22.9 Å². The van der Waals surface area contributed by atoms with Gasteiger partial charge in [-0.05, 0) is 13.8 Å². The van der Waals surface area contributed by atoms with E-state index in [0.717, 1.165) is 0 Å². The van der Waals surface area contributed by atoms with E-state index in [2.05, 4.69) is 4.98 Å². The SMILES string of the molecule is CO[C@H]1C(O)[C@@H](CO)O[C@H]1c1c(C)[nH]c(=O)c(C)c1F. The molecule has 1 aromatic heterocycles. The summed E-state index contributed by atoms with van der Waals surface area (Å²) in [5, 5.41) is 19.1. The van der Waals surface area contributed by atoms with Gasteiger partial charge in [0.1, 0.15) is 30.2 Å². The molecule has 0 amide bonds. The second-order valence-corrected chi connectivity index (χ2v) is 4.90. The third kappa shape index (κ3) is 2.26. The van der Waals surface area contributed by atoms with Crippen LogP contribution in [0.4, 0.5) is 4.39 Å². The molecule has 1 aromatic rings. The van der Waals surface area contributed by atoms with Crippen LogP contribution in [0.25, 0.3) is 0 Å². The van der Waals surface area contributed by atoms with Crippen molar-refractivity contribution in [1.82, 2.24) is 4.98 Å². The quantitative estimate of drug-likeness (QED) is 0.724. The Hall–Kier alpha value is -1.28. The largest absolute Gasteiger partial charge is 0.394 e. The normalized spacial score (nSPS) is 29.9. The summed E-state index contributed by atoms with van der Waals surface area (Å²) in [6.07, 6.45) is -3.62. The number of aliphatic hydroxyl groups excluding tert-OH is 2. The molecule has 7 heteroatoms. The first-order valence-corrected chi connectivity index (χ1v) is 6.28. The van der Waals surface area contributed by atoms with E-state index in [1.807, 2.05) is 0 Å². The molecule has 0 aromatic carbocycles. The van der Waals surface area contributed by atoms with Crippen LogP contribution < -0.4 is 5.56 Å². The number of ether oxygens (including phenoxy) is 2. The summed E-state index contributed by atoms with van der Waals surface area (Å²) in [4.78, 5) is 14.0. The highest BCUT2D eigenvalue weighted by atomic mass is 19.1. The number of aromatic nitrogens is 1. The Morgan fingerprint density at radius 1 is 1.45 bits per heavy atom. The van der Waals surface area contributed by atoms with Gasteiger partial charge in [-0.15, -0.1) is 0 Å². The van der Waals surface area contributed by atoms with Gasteiger partial charge in [0.15, 0.2) is 0 Å². The number of H-pyrrole nitrogens is 1. The van der Waals surface area contributed by atoms with Gasteiger partial charge in [0.2, 0.25) is 0 Å². The smallest absolute Gasteiger partial charge is 0.254 e. The van der Waals surface area contributed by atoms with Gasteiger partial charge in [-0.1, -0.05) is 0 Å². The Morgan fingerprint density at radius 3 is 2.65 bits per heavy atom. The fourth-order valence-corrected chi connectivity index (χ4v) is 2.52. The summed E-state index contributed by atoms with van der Waals surface area (Å²) in [7, 11) is 1.37. The van der Waals surface area contributed by atoms with Crippen molar-refractivity contribution < 1.29 is 24.1 Å². The molecule has 0 aliphatic carbocycles. The summed E-state index contributed by atoms with van der Waals surface area (Å²) < 4.78 is 25.0. The van der Waals surface area contributed by atoms with Crippen LogP contribution in [0, 0.1) is 19.7 Å². The Morgan fingerprint density at radius 2 is 2.10 bits per heavy atom. The summed E-state index contributed by atoms with van der Waals surface area (Å²) in [6.45, 7) is 2.52. The number of hydrogen-bond donors (Lipinski definition) is 3. The zero-order valence-corrected chi connectivity index (χ0v) is 11.5. The van der Waals surface area contributed by atoms with Crippen molar-refractivity contribution >= 4 is 0 Å². The molecule has 0 radical (unpaired) electrons. The van der Waals surface area contributed by atoms with E-state index in [0.29, 0.717) is 5.69 Å². The standard InChI is InChI=1S/C13H18FNO5/c1-5-9(14)8(6(2)15-13(5)18)11-12(19-3)10(17)7(4-16)20-11/h7,10-12,16-17H,4H2,1-3H3,(H,15,18)/t7-,10?,11+,12+/m1/s1. The first-order chi connectivity index (χ1) is 9.42. The molecule has 20 heavy (non-hydrogen) atoms. The highest BCUT2D eigenvalue weighted by Crippen LogP contribution is 2.37. The van der Waals surface area contributed by atoms with E-state index >= 15 is 0 Å². The van der Waals surface area contributed by atoms with Gasteiger partial charge in [-0.2, -0.15) is 0 Å². The molecule has 0 bridgehead atoms. The zero-order chi connectivity index (χ0) is 15.0. The van der Waals surface area contributed by atoms with Crippen molar-refractivity contribution in [3.8, 4) is 0 Å². The topological polar surface area (TPSA) is 91.8 Å². The van der Waals surface area contributed by atoms with Crippen LogP contribution in [0.5, 0.6) is 0 Å². The molecule has 1 fully saturated rings.